The average Bonchev–Trinajstić information content (AvgIpc) is 2.95. The number of hydrogen-bond acceptors (Lipinski definition) is 6. The maximum absolute atomic E-state index is 13.4. The standard InChI is InChI=1S/C30H31N5O4/c1-21-8-13-26(18-22(21)2)35-30(38)34(20-23-6-4-3-5-7-23)29(37)27(32-35)28(36)31-25-11-9-24(10-12-25)19-33-14-16-39-17-15-33/h3-13,18H,14-17,19-20H2,1-2H3,(H,31,36). The molecule has 3 aromatic carbocycles. The predicted molar refractivity (Wildman–Crippen MR) is 150 cm³/mol. The fourth-order valence-electron chi connectivity index (χ4n) is 4.49. The van der Waals surface area contributed by atoms with Crippen LogP contribution in [0.2, 0.25) is 0 Å². The van der Waals surface area contributed by atoms with Crippen molar-refractivity contribution in [1.29, 1.82) is 0 Å². The summed E-state index contributed by atoms with van der Waals surface area (Å²) >= 11 is 0. The van der Waals surface area contributed by atoms with Gasteiger partial charge in [0.2, 0.25) is 5.69 Å². The highest BCUT2D eigenvalue weighted by molar-refractivity contribution is 6.02. The number of benzene rings is 3. The van der Waals surface area contributed by atoms with Crippen LogP contribution in [-0.2, 0) is 17.8 Å². The molecule has 4 aromatic rings. The number of aromatic nitrogens is 3. The first-order chi connectivity index (χ1) is 18.9. The Hall–Kier alpha value is -4.34. The number of morpholine rings is 1. The zero-order valence-electron chi connectivity index (χ0n) is 22.1. The van der Waals surface area contributed by atoms with Gasteiger partial charge in [0.05, 0.1) is 25.4 Å². The number of hydrogen-bond donors (Lipinski definition) is 1. The number of nitrogens with one attached hydrogen (secondary N) is 1. The van der Waals surface area contributed by atoms with Crippen LogP contribution in [0.25, 0.3) is 5.69 Å². The zero-order chi connectivity index (χ0) is 27.4. The summed E-state index contributed by atoms with van der Waals surface area (Å²) in [5.74, 6) is -0.680. The maximum Gasteiger partial charge on any atom is 0.352 e. The third kappa shape index (κ3) is 6.05. The summed E-state index contributed by atoms with van der Waals surface area (Å²) in [5.41, 5.74) is 3.18. The number of nitrogens with zero attached hydrogens (tertiary/aromatic N) is 4. The van der Waals surface area contributed by atoms with Crippen molar-refractivity contribution in [3.63, 3.8) is 0 Å². The van der Waals surface area contributed by atoms with Gasteiger partial charge in [0.1, 0.15) is 0 Å². The van der Waals surface area contributed by atoms with Gasteiger partial charge in [0, 0.05) is 25.3 Å². The minimum Gasteiger partial charge on any atom is -0.379 e. The Morgan fingerprint density at radius 3 is 2.26 bits per heavy atom. The number of carbonyl (C=O) groups excluding carboxylic acids is 1. The molecule has 39 heavy (non-hydrogen) atoms. The smallest absolute Gasteiger partial charge is 0.352 e. The summed E-state index contributed by atoms with van der Waals surface area (Å²) in [4.78, 5) is 42.5. The number of rotatable bonds is 7. The molecule has 0 atom stereocenters. The van der Waals surface area contributed by atoms with E-state index in [0.717, 1.165) is 64.4 Å². The molecule has 0 aliphatic carbocycles. The largest absolute Gasteiger partial charge is 0.379 e. The molecule has 1 fully saturated rings. The molecule has 0 radical (unpaired) electrons. The Labute approximate surface area is 226 Å². The fourth-order valence-corrected chi connectivity index (χ4v) is 4.49. The molecular formula is C30H31N5O4. The van der Waals surface area contributed by atoms with Crippen LogP contribution in [0.4, 0.5) is 5.69 Å². The topological polar surface area (TPSA) is 98.5 Å². The van der Waals surface area contributed by atoms with Crippen molar-refractivity contribution in [1.82, 2.24) is 19.2 Å². The van der Waals surface area contributed by atoms with Crippen LogP contribution in [0.3, 0.4) is 0 Å². The summed E-state index contributed by atoms with van der Waals surface area (Å²) in [6.45, 7) is 7.94. The lowest BCUT2D eigenvalue weighted by molar-refractivity contribution is 0.0342. The van der Waals surface area contributed by atoms with Crippen LogP contribution in [0.15, 0.2) is 82.4 Å². The zero-order valence-corrected chi connectivity index (χ0v) is 22.1. The monoisotopic (exact) mass is 525 g/mol. The van der Waals surface area contributed by atoms with Crippen molar-refractivity contribution in [3.05, 3.63) is 122 Å². The molecule has 1 amide bonds. The van der Waals surface area contributed by atoms with Crippen LogP contribution in [0.1, 0.15) is 32.7 Å². The molecule has 1 N–H and O–H groups in total. The number of aryl methyl sites for hydroxylation is 2. The summed E-state index contributed by atoms with van der Waals surface area (Å²) in [6, 6.07) is 22.1. The van der Waals surface area contributed by atoms with Gasteiger partial charge in [-0.05, 0) is 60.4 Å². The van der Waals surface area contributed by atoms with E-state index in [9.17, 15) is 14.4 Å². The van der Waals surface area contributed by atoms with Crippen molar-refractivity contribution in [2.45, 2.75) is 26.9 Å². The fraction of sp³-hybridized carbons (Fsp3) is 0.267. The van der Waals surface area contributed by atoms with Gasteiger partial charge in [-0.3, -0.25) is 19.1 Å². The Kier molecular flexibility index (Phi) is 7.81. The van der Waals surface area contributed by atoms with Crippen LogP contribution in [-0.4, -0.2) is 51.5 Å². The van der Waals surface area contributed by atoms with Crippen molar-refractivity contribution in [2.24, 2.45) is 0 Å². The lowest BCUT2D eigenvalue weighted by Gasteiger charge is -2.26. The molecule has 200 valence electrons. The molecule has 1 saturated heterocycles. The molecule has 1 aromatic heterocycles. The van der Waals surface area contributed by atoms with E-state index in [1.807, 2.05) is 68.4 Å². The van der Waals surface area contributed by atoms with E-state index in [2.05, 4.69) is 15.3 Å². The molecule has 1 aliphatic rings. The third-order valence-corrected chi connectivity index (χ3v) is 6.92. The Bertz CT molecular complexity index is 1590. The molecule has 5 rings (SSSR count). The summed E-state index contributed by atoms with van der Waals surface area (Å²) in [6.07, 6.45) is 0. The number of anilines is 1. The number of ether oxygens (including phenoxy) is 1. The molecule has 0 saturated carbocycles. The van der Waals surface area contributed by atoms with Crippen molar-refractivity contribution in [3.8, 4) is 5.69 Å². The highest BCUT2D eigenvalue weighted by Crippen LogP contribution is 2.14. The highest BCUT2D eigenvalue weighted by atomic mass is 16.5. The van der Waals surface area contributed by atoms with E-state index in [1.165, 1.54) is 0 Å². The van der Waals surface area contributed by atoms with E-state index >= 15 is 0 Å². The Morgan fingerprint density at radius 2 is 1.56 bits per heavy atom. The quantitative estimate of drug-likeness (QED) is 0.398. The van der Waals surface area contributed by atoms with Gasteiger partial charge in [-0.15, -0.1) is 0 Å². The molecule has 0 unspecified atom stereocenters. The van der Waals surface area contributed by atoms with Crippen molar-refractivity contribution >= 4 is 11.6 Å². The van der Waals surface area contributed by atoms with Crippen molar-refractivity contribution in [2.75, 3.05) is 31.6 Å². The Balaban J connectivity index is 1.47. The second-order valence-electron chi connectivity index (χ2n) is 9.73. The third-order valence-electron chi connectivity index (χ3n) is 6.92. The van der Waals surface area contributed by atoms with Crippen LogP contribution >= 0.6 is 0 Å². The predicted octanol–water partition coefficient (Wildman–Crippen LogP) is 3.14. The van der Waals surface area contributed by atoms with Gasteiger partial charge >= 0.3 is 5.69 Å². The molecule has 2 heterocycles. The molecule has 9 heteroatoms. The summed E-state index contributed by atoms with van der Waals surface area (Å²) in [7, 11) is 0. The van der Waals surface area contributed by atoms with Gasteiger partial charge in [-0.2, -0.15) is 9.78 Å². The lowest BCUT2D eigenvalue weighted by Crippen LogP contribution is -2.45. The second-order valence-corrected chi connectivity index (χ2v) is 9.73. The minimum absolute atomic E-state index is 0.0163. The molecular weight excluding hydrogens is 494 g/mol. The first-order valence-corrected chi connectivity index (χ1v) is 12.9. The first-order valence-electron chi connectivity index (χ1n) is 12.9. The molecule has 9 nitrogen and oxygen atoms in total. The second kappa shape index (κ2) is 11.6. The molecule has 1 aliphatic heterocycles. The molecule has 0 bridgehead atoms. The van der Waals surface area contributed by atoms with Gasteiger partial charge in [-0.1, -0.05) is 48.5 Å². The van der Waals surface area contributed by atoms with E-state index in [4.69, 9.17) is 4.74 Å². The normalized spacial score (nSPS) is 13.8. The number of amides is 1. The lowest BCUT2D eigenvalue weighted by atomic mass is 10.1. The maximum atomic E-state index is 13.4. The first kappa shape index (κ1) is 26.3. The van der Waals surface area contributed by atoms with Gasteiger partial charge in [-0.25, -0.2) is 4.79 Å². The van der Waals surface area contributed by atoms with Crippen LogP contribution < -0.4 is 16.6 Å². The Morgan fingerprint density at radius 1 is 0.872 bits per heavy atom. The van der Waals surface area contributed by atoms with E-state index in [0.29, 0.717) is 11.4 Å². The van der Waals surface area contributed by atoms with E-state index in [1.54, 1.807) is 18.2 Å². The van der Waals surface area contributed by atoms with Crippen molar-refractivity contribution < 1.29 is 9.53 Å². The van der Waals surface area contributed by atoms with Gasteiger partial charge < -0.3 is 10.1 Å². The van der Waals surface area contributed by atoms with Crippen LogP contribution in [0.5, 0.6) is 0 Å². The summed E-state index contributed by atoms with van der Waals surface area (Å²) in [5, 5.41) is 7.02. The number of carbonyl (C=O) groups is 1. The van der Waals surface area contributed by atoms with Crippen LogP contribution in [0, 0.1) is 13.8 Å². The minimum atomic E-state index is -0.745. The summed E-state index contributed by atoms with van der Waals surface area (Å²) < 4.78 is 7.58. The average molecular weight is 526 g/mol. The molecule has 0 spiro atoms. The SMILES string of the molecule is Cc1ccc(-n2nc(C(=O)Nc3ccc(CN4CCOCC4)cc3)c(=O)n(Cc3ccccc3)c2=O)cc1C. The van der Waals surface area contributed by atoms with Gasteiger partial charge in [0.25, 0.3) is 11.5 Å². The van der Waals surface area contributed by atoms with E-state index in [-0.39, 0.29) is 12.2 Å². The van der Waals surface area contributed by atoms with E-state index < -0.39 is 17.2 Å². The highest BCUT2D eigenvalue weighted by Gasteiger charge is 2.21. The van der Waals surface area contributed by atoms with Gasteiger partial charge in [0.15, 0.2) is 0 Å².